The lowest BCUT2D eigenvalue weighted by atomic mass is 10.2. The van der Waals surface area contributed by atoms with Gasteiger partial charge in [0.25, 0.3) is 5.56 Å². The average Bonchev–Trinajstić information content (AvgIpc) is 2.81. The minimum atomic E-state index is -0.456. The van der Waals surface area contributed by atoms with Crippen molar-refractivity contribution in [1.82, 2.24) is 14.8 Å². The molecule has 3 aromatic rings. The molecular weight excluding hydrogens is 290 g/mol. The zero-order valence-electron chi connectivity index (χ0n) is 11.2. The molecule has 21 heavy (non-hydrogen) atoms. The maximum atomic E-state index is 11.3. The van der Waals surface area contributed by atoms with Crippen LogP contribution in [0.15, 0.2) is 46.6 Å². The molecule has 2 aromatic heterocycles. The average molecular weight is 302 g/mol. The molecule has 7 heteroatoms. The fourth-order valence-electron chi connectivity index (χ4n) is 2.11. The third-order valence-corrected chi connectivity index (χ3v) is 3.49. The number of aryl methyl sites for hydroxylation is 1. The molecule has 1 aromatic carbocycles. The van der Waals surface area contributed by atoms with Crippen molar-refractivity contribution in [2.24, 2.45) is 12.1 Å². The van der Waals surface area contributed by atoms with Crippen LogP contribution in [-0.4, -0.2) is 21.0 Å². The van der Waals surface area contributed by atoms with Crippen molar-refractivity contribution in [2.45, 2.75) is 0 Å². The first-order valence-corrected chi connectivity index (χ1v) is 6.61. The van der Waals surface area contributed by atoms with Gasteiger partial charge in [0.2, 0.25) is 0 Å². The molecule has 0 aliphatic heterocycles. The number of aromatic nitrogens is 3. The first kappa shape index (κ1) is 13.4. The standard InChI is InChI=1S/C14H12ClN5O/c1-20-8-9(10-4-2-3-5-12(10)20)6-16-18-11-7-17-19-14(21)13(11)15/h2-8H,1H3,(H2,18,19,21)/b16-6-. The first-order chi connectivity index (χ1) is 10.2. The summed E-state index contributed by atoms with van der Waals surface area (Å²) in [5.74, 6) is 0. The van der Waals surface area contributed by atoms with Crippen LogP contribution in [0.5, 0.6) is 0 Å². The van der Waals surface area contributed by atoms with Gasteiger partial charge in [-0.1, -0.05) is 29.8 Å². The van der Waals surface area contributed by atoms with E-state index in [1.807, 2.05) is 42.1 Å². The number of fused-ring (bicyclic) bond motifs is 1. The van der Waals surface area contributed by atoms with Crippen LogP contribution in [0, 0.1) is 0 Å². The van der Waals surface area contributed by atoms with Gasteiger partial charge in [0.1, 0.15) is 10.7 Å². The number of halogens is 1. The molecule has 0 aliphatic rings. The van der Waals surface area contributed by atoms with Gasteiger partial charge in [-0.05, 0) is 6.07 Å². The number of hydrogen-bond acceptors (Lipinski definition) is 4. The Morgan fingerprint density at radius 1 is 1.43 bits per heavy atom. The SMILES string of the molecule is Cn1cc(/C=N\Nc2cn[nH]c(=O)c2Cl)c2ccccc21. The van der Waals surface area contributed by atoms with Gasteiger partial charge in [-0.25, -0.2) is 5.10 Å². The Balaban J connectivity index is 1.89. The van der Waals surface area contributed by atoms with Crippen LogP contribution < -0.4 is 11.0 Å². The summed E-state index contributed by atoms with van der Waals surface area (Å²) in [6, 6.07) is 8.03. The van der Waals surface area contributed by atoms with Gasteiger partial charge in [0, 0.05) is 29.7 Å². The molecule has 2 N–H and O–H groups in total. The second-order valence-electron chi connectivity index (χ2n) is 4.51. The van der Waals surface area contributed by atoms with Crippen molar-refractivity contribution < 1.29 is 0 Å². The van der Waals surface area contributed by atoms with E-state index in [2.05, 4.69) is 20.7 Å². The van der Waals surface area contributed by atoms with Gasteiger partial charge >= 0.3 is 0 Å². The number of nitrogens with one attached hydrogen (secondary N) is 2. The number of benzene rings is 1. The lowest BCUT2D eigenvalue weighted by Gasteiger charge is -1.99. The molecule has 0 spiro atoms. The zero-order chi connectivity index (χ0) is 14.8. The number of hydrazone groups is 1. The summed E-state index contributed by atoms with van der Waals surface area (Å²) in [6.45, 7) is 0. The molecule has 3 rings (SSSR count). The van der Waals surface area contributed by atoms with Gasteiger partial charge in [-0.15, -0.1) is 0 Å². The number of aromatic amines is 1. The highest BCUT2D eigenvalue weighted by Crippen LogP contribution is 2.19. The highest BCUT2D eigenvalue weighted by Gasteiger charge is 2.05. The summed E-state index contributed by atoms with van der Waals surface area (Å²) in [5.41, 5.74) is 4.71. The summed E-state index contributed by atoms with van der Waals surface area (Å²) in [4.78, 5) is 11.3. The number of H-pyrrole nitrogens is 1. The highest BCUT2D eigenvalue weighted by atomic mass is 35.5. The van der Waals surface area contributed by atoms with Crippen molar-refractivity contribution in [2.75, 3.05) is 5.43 Å². The lowest BCUT2D eigenvalue weighted by molar-refractivity contribution is 0.968. The summed E-state index contributed by atoms with van der Waals surface area (Å²) in [6.07, 6.45) is 5.07. The van der Waals surface area contributed by atoms with Crippen molar-refractivity contribution in [3.63, 3.8) is 0 Å². The molecule has 0 amide bonds. The first-order valence-electron chi connectivity index (χ1n) is 6.23. The Kier molecular flexibility index (Phi) is 3.45. The highest BCUT2D eigenvalue weighted by molar-refractivity contribution is 6.32. The minimum Gasteiger partial charge on any atom is -0.350 e. The van der Waals surface area contributed by atoms with E-state index in [0.717, 1.165) is 16.5 Å². The number of para-hydroxylation sites is 1. The molecule has 0 fully saturated rings. The molecule has 0 radical (unpaired) electrons. The van der Waals surface area contributed by atoms with E-state index >= 15 is 0 Å². The van der Waals surface area contributed by atoms with E-state index < -0.39 is 5.56 Å². The van der Waals surface area contributed by atoms with Crippen LogP contribution in [0.2, 0.25) is 5.02 Å². The van der Waals surface area contributed by atoms with Crippen LogP contribution >= 0.6 is 11.6 Å². The molecule has 0 aliphatic carbocycles. The molecular formula is C14H12ClN5O. The molecule has 6 nitrogen and oxygen atoms in total. The molecule has 2 heterocycles. The number of nitrogens with zero attached hydrogens (tertiary/aromatic N) is 3. The predicted molar refractivity (Wildman–Crippen MR) is 84.0 cm³/mol. The summed E-state index contributed by atoms with van der Waals surface area (Å²) in [7, 11) is 1.98. The Hall–Kier alpha value is -2.60. The minimum absolute atomic E-state index is 0.0278. The van der Waals surface area contributed by atoms with Crippen LogP contribution in [0.1, 0.15) is 5.56 Å². The second kappa shape index (κ2) is 5.41. The van der Waals surface area contributed by atoms with Crippen LogP contribution in [0.25, 0.3) is 10.9 Å². The number of hydrogen-bond donors (Lipinski definition) is 2. The Bertz CT molecular complexity index is 880. The third-order valence-electron chi connectivity index (χ3n) is 3.11. The van der Waals surface area contributed by atoms with E-state index in [4.69, 9.17) is 11.6 Å². The van der Waals surface area contributed by atoms with Crippen molar-refractivity contribution >= 4 is 34.4 Å². The number of rotatable bonds is 3. The van der Waals surface area contributed by atoms with Crippen molar-refractivity contribution in [1.29, 1.82) is 0 Å². The quantitative estimate of drug-likeness (QED) is 0.576. The molecule has 0 atom stereocenters. The van der Waals surface area contributed by atoms with E-state index in [1.165, 1.54) is 6.20 Å². The fraction of sp³-hybridized carbons (Fsp3) is 0.0714. The van der Waals surface area contributed by atoms with Gasteiger partial charge < -0.3 is 4.57 Å². The smallest absolute Gasteiger partial charge is 0.285 e. The molecule has 106 valence electrons. The van der Waals surface area contributed by atoms with Gasteiger partial charge in [0.15, 0.2) is 0 Å². The largest absolute Gasteiger partial charge is 0.350 e. The molecule has 0 saturated carbocycles. The Labute approximate surface area is 125 Å². The Morgan fingerprint density at radius 3 is 3.10 bits per heavy atom. The van der Waals surface area contributed by atoms with E-state index in [9.17, 15) is 4.79 Å². The van der Waals surface area contributed by atoms with Gasteiger partial charge in [0.05, 0.1) is 12.4 Å². The van der Waals surface area contributed by atoms with Crippen LogP contribution in [0.3, 0.4) is 0 Å². The van der Waals surface area contributed by atoms with Crippen LogP contribution in [-0.2, 0) is 7.05 Å². The van der Waals surface area contributed by atoms with Gasteiger partial charge in [-0.3, -0.25) is 10.2 Å². The summed E-state index contributed by atoms with van der Waals surface area (Å²) in [5, 5.41) is 11.1. The molecule has 0 unspecified atom stereocenters. The summed E-state index contributed by atoms with van der Waals surface area (Å²) >= 11 is 5.85. The maximum absolute atomic E-state index is 11.3. The van der Waals surface area contributed by atoms with Crippen LogP contribution in [0.4, 0.5) is 5.69 Å². The Morgan fingerprint density at radius 2 is 2.24 bits per heavy atom. The van der Waals surface area contributed by atoms with Gasteiger partial charge in [-0.2, -0.15) is 10.2 Å². The van der Waals surface area contributed by atoms with E-state index in [0.29, 0.717) is 5.69 Å². The zero-order valence-corrected chi connectivity index (χ0v) is 11.9. The van der Waals surface area contributed by atoms with Crippen molar-refractivity contribution in [3.05, 3.63) is 57.6 Å². The lowest BCUT2D eigenvalue weighted by Crippen LogP contribution is -2.10. The molecule has 0 bridgehead atoms. The van der Waals surface area contributed by atoms with Crippen molar-refractivity contribution in [3.8, 4) is 0 Å². The predicted octanol–water partition coefficient (Wildman–Crippen LogP) is 2.36. The third kappa shape index (κ3) is 2.53. The maximum Gasteiger partial charge on any atom is 0.285 e. The summed E-state index contributed by atoms with van der Waals surface area (Å²) < 4.78 is 2.03. The fourth-order valence-corrected chi connectivity index (χ4v) is 2.24. The monoisotopic (exact) mass is 301 g/mol. The van der Waals surface area contributed by atoms with E-state index in [-0.39, 0.29) is 5.02 Å². The normalized spacial score (nSPS) is 11.3. The molecule has 0 saturated heterocycles. The second-order valence-corrected chi connectivity index (χ2v) is 4.89. The number of anilines is 1. The topological polar surface area (TPSA) is 75.1 Å². The van der Waals surface area contributed by atoms with E-state index in [1.54, 1.807) is 6.21 Å².